The number of carbonyl (C=O) groups excluding carboxylic acids is 1. The first-order valence-corrected chi connectivity index (χ1v) is 4.22. The third-order valence-electron chi connectivity index (χ3n) is 1.59. The molecule has 0 aromatic rings. The van der Waals surface area contributed by atoms with Crippen LogP contribution in [0, 0.1) is 5.92 Å². The standard InChI is InChI=1S/C9H19NO/c1-7(2)6-10(8(3)4)9(5)11/h7-8H,6H2,1-5H3. The molecule has 0 N–H and O–H groups in total. The lowest BCUT2D eigenvalue weighted by Gasteiger charge is -2.26. The second-order valence-electron chi connectivity index (χ2n) is 3.66. The van der Waals surface area contributed by atoms with Gasteiger partial charge in [0.25, 0.3) is 0 Å². The number of hydrogen-bond acceptors (Lipinski definition) is 1. The molecule has 0 aromatic heterocycles. The highest BCUT2D eigenvalue weighted by atomic mass is 16.2. The lowest BCUT2D eigenvalue weighted by molar-refractivity contribution is -0.131. The van der Waals surface area contributed by atoms with E-state index >= 15 is 0 Å². The summed E-state index contributed by atoms with van der Waals surface area (Å²) in [6.07, 6.45) is 0. The zero-order valence-electron chi connectivity index (χ0n) is 8.22. The van der Waals surface area contributed by atoms with E-state index in [0.717, 1.165) is 6.54 Å². The average molecular weight is 157 g/mol. The van der Waals surface area contributed by atoms with Crippen molar-refractivity contribution in [1.29, 1.82) is 0 Å². The van der Waals surface area contributed by atoms with Gasteiger partial charge in [0.1, 0.15) is 0 Å². The summed E-state index contributed by atoms with van der Waals surface area (Å²) in [5, 5.41) is 0. The zero-order chi connectivity index (χ0) is 9.02. The van der Waals surface area contributed by atoms with Gasteiger partial charge in [-0.05, 0) is 19.8 Å². The number of carbonyl (C=O) groups is 1. The maximum Gasteiger partial charge on any atom is 0.219 e. The van der Waals surface area contributed by atoms with Gasteiger partial charge in [-0.1, -0.05) is 13.8 Å². The van der Waals surface area contributed by atoms with Gasteiger partial charge in [-0.25, -0.2) is 0 Å². The molecule has 0 aliphatic rings. The first-order chi connectivity index (χ1) is 4.95. The van der Waals surface area contributed by atoms with E-state index in [1.807, 2.05) is 18.7 Å². The molecular weight excluding hydrogens is 138 g/mol. The van der Waals surface area contributed by atoms with E-state index in [1.54, 1.807) is 6.92 Å². The number of amides is 1. The van der Waals surface area contributed by atoms with E-state index in [1.165, 1.54) is 0 Å². The van der Waals surface area contributed by atoms with Crippen LogP contribution in [0.1, 0.15) is 34.6 Å². The maximum atomic E-state index is 11.0. The highest BCUT2D eigenvalue weighted by Gasteiger charge is 2.12. The normalized spacial score (nSPS) is 10.8. The van der Waals surface area contributed by atoms with Gasteiger partial charge in [-0.2, -0.15) is 0 Å². The van der Waals surface area contributed by atoms with Gasteiger partial charge in [0.05, 0.1) is 0 Å². The fourth-order valence-electron chi connectivity index (χ4n) is 1.10. The van der Waals surface area contributed by atoms with Crippen molar-refractivity contribution >= 4 is 5.91 Å². The summed E-state index contributed by atoms with van der Waals surface area (Å²) in [5.74, 6) is 0.731. The van der Waals surface area contributed by atoms with Crippen molar-refractivity contribution in [3.8, 4) is 0 Å². The largest absolute Gasteiger partial charge is 0.340 e. The Morgan fingerprint density at radius 3 is 1.82 bits per heavy atom. The Bertz CT molecular complexity index is 130. The quantitative estimate of drug-likeness (QED) is 0.612. The molecule has 0 unspecified atom stereocenters. The summed E-state index contributed by atoms with van der Waals surface area (Å²) < 4.78 is 0. The fraction of sp³-hybridized carbons (Fsp3) is 0.889. The molecule has 0 radical (unpaired) electrons. The molecule has 1 amide bonds. The van der Waals surface area contributed by atoms with E-state index < -0.39 is 0 Å². The monoisotopic (exact) mass is 157 g/mol. The third kappa shape index (κ3) is 4.02. The van der Waals surface area contributed by atoms with Crippen LogP contribution in [0.15, 0.2) is 0 Å². The number of nitrogens with zero attached hydrogens (tertiary/aromatic N) is 1. The second kappa shape index (κ2) is 4.37. The van der Waals surface area contributed by atoms with Gasteiger partial charge in [0.2, 0.25) is 5.91 Å². The van der Waals surface area contributed by atoms with Crippen LogP contribution in [0.4, 0.5) is 0 Å². The van der Waals surface area contributed by atoms with Crippen LogP contribution >= 0.6 is 0 Å². The van der Waals surface area contributed by atoms with E-state index in [4.69, 9.17) is 0 Å². The summed E-state index contributed by atoms with van der Waals surface area (Å²) in [6, 6.07) is 0.329. The molecule has 0 aliphatic heterocycles. The molecule has 2 nitrogen and oxygen atoms in total. The Balaban J connectivity index is 4.01. The SMILES string of the molecule is CC(=O)N(CC(C)C)C(C)C. The van der Waals surface area contributed by atoms with Crippen molar-refractivity contribution in [2.24, 2.45) is 5.92 Å². The van der Waals surface area contributed by atoms with Crippen molar-refractivity contribution in [1.82, 2.24) is 4.90 Å². The van der Waals surface area contributed by atoms with Gasteiger partial charge in [0.15, 0.2) is 0 Å². The average Bonchev–Trinajstić information content (AvgIpc) is 1.81. The minimum absolute atomic E-state index is 0.175. The molecule has 66 valence electrons. The van der Waals surface area contributed by atoms with Crippen molar-refractivity contribution in [3.63, 3.8) is 0 Å². The van der Waals surface area contributed by atoms with Crippen molar-refractivity contribution in [3.05, 3.63) is 0 Å². The molecule has 0 fully saturated rings. The highest BCUT2D eigenvalue weighted by molar-refractivity contribution is 5.73. The maximum absolute atomic E-state index is 11.0. The molecule has 0 heterocycles. The van der Waals surface area contributed by atoms with E-state index in [0.29, 0.717) is 12.0 Å². The van der Waals surface area contributed by atoms with Gasteiger partial charge >= 0.3 is 0 Å². The van der Waals surface area contributed by atoms with Crippen LogP contribution in [-0.2, 0) is 4.79 Å². The Kier molecular flexibility index (Phi) is 4.16. The van der Waals surface area contributed by atoms with E-state index in [9.17, 15) is 4.79 Å². The summed E-state index contributed by atoms with van der Waals surface area (Å²) >= 11 is 0. The predicted octanol–water partition coefficient (Wildman–Crippen LogP) is 1.90. The smallest absolute Gasteiger partial charge is 0.219 e. The number of hydrogen-bond donors (Lipinski definition) is 0. The van der Waals surface area contributed by atoms with E-state index in [-0.39, 0.29) is 5.91 Å². The van der Waals surface area contributed by atoms with Gasteiger partial charge in [-0.3, -0.25) is 4.79 Å². The van der Waals surface area contributed by atoms with Gasteiger partial charge < -0.3 is 4.90 Å². The zero-order valence-corrected chi connectivity index (χ0v) is 8.22. The Labute approximate surface area is 69.6 Å². The van der Waals surface area contributed by atoms with Crippen LogP contribution < -0.4 is 0 Å². The van der Waals surface area contributed by atoms with Crippen LogP contribution in [-0.4, -0.2) is 23.4 Å². The Morgan fingerprint density at radius 1 is 1.27 bits per heavy atom. The molecule has 0 saturated heterocycles. The molecule has 0 saturated carbocycles. The van der Waals surface area contributed by atoms with Gasteiger partial charge in [-0.15, -0.1) is 0 Å². The molecule has 0 aliphatic carbocycles. The molecule has 11 heavy (non-hydrogen) atoms. The number of rotatable bonds is 3. The lowest BCUT2D eigenvalue weighted by atomic mass is 10.2. The minimum Gasteiger partial charge on any atom is -0.340 e. The Hall–Kier alpha value is -0.530. The summed E-state index contributed by atoms with van der Waals surface area (Å²) in [6.45, 7) is 10.8. The lowest BCUT2D eigenvalue weighted by Crippen LogP contribution is -2.37. The minimum atomic E-state index is 0.175. The van der Waals surface area contributed by atoms with Gasteiger partial charge in [0, 0.05) is 19.5 Å². The Morgan fingerprint density at radius 2 is 1.73 bits per heavy atom. The molecule has 0 spiro atoms. The van der Waals surface area contributed by atoms with Crippen LogP contribution in [0.5, 0.6) is 0 Å². The molecule has 2 heteroatoms. The summed E-state index contributed by atoms with van der Waals surface area (Å²) in [7, 11) is 0. The molecular formula is C9H19NO. The van der Waals surface area contributed by atoms with Crippen LogP contribution in [0.2, 0.25) is 0 Å². The first kappa shape index (κ1) is 10.5. The third-order valence-corrected chi connectivity index (χ3v) is 1.59. The van der Waals surface area contributed by atoms with Crippen molar-refractivity contribution in [2.75, 3.05) is 6.54 Å². The summed E-state index contributed by atoms with van der Waals surface area (Å²) in [5.41, 5.74) is 0. The first-order valence-electron chi connectivity index (χ1n) is 4.22. The van der Waals surface area contributed by atoms with Crippen molar-refractivity contribution in [2.45, 2.75) is 40.7 Å². The molecule has 0 aromatic carbocycles. The topological polar surface area (TPSA) is 20.3 Å². The molecule has 0 atom stereocenters. The molecule has 0 rings (SSSR count). The fourth-order valence-corrected chi connectivity index (χ4v) is 1.10. The van der Waals surface area contributed by atoms with Crippen LogP contribution in [0.3, 0.4) is 0 Å². The van der Waals surface area contributed by atoms with Crippen LogP contribution in [0.25, 0.3) is 0 Å². The highest BCUT2D eigenvalue weighted by Crippen LogP contribution is 2.03. The summed E-state index contributed by atoms with van der Waals surface area (Å²) in [4.78, 5) is 12.9. The van der Waals surface area contributed by atoms with Crippen molar-refractivity contribution < 1.29 is 4.79 Å². The second-order valence-corrected chi connectivity index (χ2v) is 3.66. The predicted molar refractivity (Wildman–Crippen MR) is 47.4 cm³/mol. The molecule has 0 bridgehead atoms. The van der Waals surface area contributed by atoms with E-state index in [2.05, 4.69) is 13.8 Å².